The van der Waals surface area contributed by atoms with Crippen LogP contribution in [0.5, 0.6) is 0 Å². The summed E-state index contributed by atoms with van der Waals surface area (Å²) >= 11 is 0. The third-order valence-electron chi connectivity index (χ3n) is 2.22. The summed E-state index contributed by atoms with van der Waals surface area (Å²) in [6.45, 7) is 6.18. The van der Waals surface area contributed by atoms with E-state index in [0.717, 1.165) is 0 Å². The highest BCUT2D eigenvalue weighted by Crippen LogP contribution is 2.18. The Labute approximate surface area is 95.2 Å². The van der Waals surface area contributed by atoms with Crippen molar-refractivity contribution in [3.05, 3.63) is 12.2 Å². The molecule has 0 spiro atoms. The first kappa shape index (κ1) is 15.1. The zero-order valence-electron chi connectivity index (χ0n) is 9.39. The lowest BCUT2D eigenvalue weighted by Gasteiger charge is -2.23. The molecule has 7 heteroatoms. The monoisotopic (exact) mass is 251 g/mol. The van der Waals surface area contributed by atoms with E-state index in [9.17, 15) is 13.2 Å². The van der Waals surface area contributed by atoms with Gasteiger partial charge in [-0.3, -0.25) is 4.55 Å². The Balaban J connectivity index is 4.39. The quantitative estimate of drug-likeness (QED) is 0.403. The van der Waals surface area contributed by atoms with Crippen molar-refractivity contribution >= 4 is 16.1 Å². The van der Waals surface area contributed by atoms with Crippen molar-refractivity contribution in [1.82, 2.24) is 0 Å². The summed E-state index contributed by atoms with van der Waals surface area (Å²) in [7, 11) is -4.37. The van der Waals surface area contributed by atoms with E-state index in [0.29, 0.717) is 0 Å². The van der Waals surface area contributed by atoms with Gasteiger partial charge in [0, 0.05) is 12.0 Å². The van der Waals surface area contributed by atoms with Crippen molar-refractivity contribution in [3.63, 3.8) is 0 Å². The minimum Gasteiger partial charge on any atom is -0.462 e. The first-order chi connectivity index (χ1) is 7.14. The summed E-state index contributed by atoms with van der Waals surface area (Å²) in [5.74, 6) is -0.617. The summed E-state index contributed by atoms with van der Waals surface area (Å²) in [5.41, 5.74) is 5.70. The molecule has 0 aliphatic carbocycles. The van der Waals surface area contributed by atoms with E-state index in [2.05, 4.69) is 6.58 Å². The second kappa shape index (κ2) is 5.42. The van der Waals surface area contributed by atoms with E-state index in [1.54, 1.807) is 0 Å². The van der Waals surface area contributed by atoms with Crippen LogP contribution in [-0.2, 0) is 19.6 Å². The lowest BCUT2D eigenvalue weighted by Crippen LogP contribution is -2.47. The van der Waals surface area contributed by atoms with Crippen LogP contribution in [0.25, 0.3) is 0 Å². The maximum atomic E-state index is 11.0. The van der Waals surface area contributed by atoms with Crippen molar-refractivity contribution < 1.29 is 22.5 Å². The van der Waals surface area contributed by atoms with Gasteiger partial charge in [-0.1, -0.05) is 13.5 Å². The van der Waals surface area contributed by atoms with Crippen LogP contribution in [0.2, 0.25) is 0 Å². The van der Waals surface area contributed by atoms with Crippen molar-refractivity contribution in [1.29, 1.82) is 0 Å². The van der Waals surface area contributed by atoms with Crippen LogP contribution in [0.1, 0.15) is 26.7 Å². The summed E-state index contributed by atoms with van der Waals surface area (Å²) in [4.78, 5) is 9.22. The first-order valence-electron chi connectivity index (χ1n) is 4.72. The molecule has 1 atom stereocenters. The predicted molar refractivity (Wildman–Crippen MR) is 59.1 cm³/mol. The third-order valence-corrected chi connectivity index (χ3v) is 3.74. The Bertz CT molecular complexity index is 375. The van der Waals surface area contributed by atoms with Crippen molar-refractivity contribution in [2.45, 2.75) is 31.6 Å². The maximum Gasteiger partial charge on any atom is 0.333 e. The molecule has 16 heavy (non-hydrogen) atoms. The van der Waals surface area contributed by atoms with Crippen LogP contribution in [0.15, 0.2) is 12.2 Å². The highest BCUT2D eigenvalue weighted by atomic mass is 32.2. The number of rotatable bonds is 6. The Kier molecular flexibility index (Phi) is 5.11. The molecule has 0 aliphatic heterocycles. The van der Waals surface area contributed by atoms with E-state index in [1.165, 1.54) is 13.8 Å². The molecule has 0 aromatic rings. The fourth-order valence-electron chi connectivity index (χ4n) is 0.928. The number of carbonyl (C=O) groups excluding carboxylic acids is 1. The molecule has 0 rings (SSSR count). The van der Waals surface area contributed by atoms with Crippen LogP contribution in [0, 0.1) is 0 Å². The fourth-order valence-corrected chi connectivity index (χ4v) is 1.63. The molecule has 0 amide bonds. The van der Waals surface area contributed by atoms with Gasteiger partial charge >= 0.3 is 5.97 Å². The van der Waals surface area contributed by atoms with E-state index in [1.807, 2.05) is 0 Å². The molecular weight excluding hydrogens is 234 g/mol. The van der Waals surface area contributed by atoms with E-state index in [4.69, 9.17) is 15.0 Å². The highest BCUT2D eigenvalue weighted by molar-refractivity contribution is 7.87. The molecular formula is C9H17NO5S. The molecule has 94 valence electrons. The standard InChI is InChI=1S/C9H17NO5S/c1-4-9(10,16(12,13)14)5-6-15-8(11)7(2)3/h2,4-6,10H2,1,3H3,(H,12,13,14). The predicted octanol–water partition coefficient (Wildman–Crippen LogP) is 0.449. The van der Waals surface area contributed by atoms with Gasteiger partial charge in [0.25, 0.3) is 10.1 Å². The largest absolute Gasteiger partial charge is 0.462 e. The zero-order valence-corrected chi connectivity index (χ0v) is 10.2. The Morgan fingerprint density at radius 2 is 2.06 bits per heavy atom. The van der Waals surface area contributed by atoms with Crippen LogP contribution in [0.3, 0.4) is 0 Å². The summed E-state index contributed by atoms with van der Waals surface area (Å²) in [6.07, 6.45) is -0.141. The van der Waals surface area contributed by atoms with Gasteiger partial charge in [0.15, 0.2) is 0 Å². The van der Waals surface area contributed by atoms with Crippen LogP contribution in [-0.4, -0.2) is 30.4 Å². The number of carbonyl (C=O) groups is 1. The average molecular weight is 251 g/mol. The number of esters is 1. The summed E-state index contributed by atoms with van der Waals surface area (Å²) in [6, 6.07) is 0. The van der Waals surface area contributed by atoms with Crippen molar-refractivity contribution in [2.24, 2.45) is 5.73 Å². The van der Waals surface area contributed by atoms with Gasteiger partial charge < -0.3 is 10.5 Å². The number of hydrogen-bond donors (Lipinski definition) is 2. The average Bonchev–Trinajstić information content (AvgIpc) is 2.15. The molecule has 0 radical (unpaired) electrons. The molecule has 0 fully saturated rings. The van der Waals surface area contributed by atoms with Gasteiger partial charge in [-0.25, -0.2) is 4.79 Å². The molecule has 1 unspecified atom stereocenters. The van der Waals surface area contributed by atoms with Crippen LogP contribution >= 0.6 is 0 Å². The van der Waals surface area contributed by atoms with E-state index in [-0.39, 0.29) is 25.0 Å². The molecule has 0 saturated heterocycles. The van der Waals surface area contributed by atoms with Gasteiger partial charge in [-0.2, -0.15) is 8.42 Å². The molecule has 0 bridgehead atoms. The molecule has 6 nitrogen and oxygen atoms in total. The molecule has 3 N–H and O–H groups in total. The number of ether oxygens (including phenoxy) is 1. The van der Waals surface area contributed by atoms with Gasteiger partial charge in [-0.05, 0) is 13.3 Å². The van der Waals surface area contributed by atoms with Crippen molar-refractivity contribution in [2.75, 3.05) is 6.61 Å². The van der Waals surface area contributed by atoms with Gasteiger partial charge in [0.1, 0.15) is 4.87 Å². The molecule has 0 aromatic heterocycles. The van der Waals surface area contributed by atoms with Crippen molar-refractivity contribution in [3.8, 4) is 0 Å². The van der Waals surface area contributed by atoms with Crippen LogP contribution < -0.4 is 5.73 Å². The zero-order chi connectivity index (χ0) is 13.0. The molecule has 0 saturated carbocycles. The smallest absolute Gasteiger partial charge is 0.333 e. The second-order valence-electron chi connectivity index (χ2n) is 3.56. The highest BCUT2D eigenvalue weighted by Gasteiger charge is 2.36. The fraction of sp³-hybridized carbons (Fsp3) is 0.667. The van der Waals surface area contributed by atoms with E-state index < -0.39 is 21.0 Å². The third kappa shape index (κ3) is 3.92. The number of hydrogen-bond acceptors (Lipinski definition) is 5. The number of nitrogens with two attached hydrogens (primary N) is 1. The Morgan fingerprint density at radius 1 is 1.56 bits per heavy atom. The summed E-state index contributed by atoms with van der Waals surface area (Å²) < 4.78 is 35.5. The topological polar surface area (TPSA) is 107 Å². The Morgan fingerprint density at radius 3 is 2.38 bits per heavy atom. The normalized spacial score (nSPS) is 15.2. The first-order valence-corrected chi connectivity index (χ1v) is 6.16. The lowest BCUT2D eigenvalue weighted by molar-refractivity contribution is -0.139. The lowest BCUT2D eigenvalue weighted by atomic mass is 10.2. The van der Waals surface area contributed by atoms with Gasteiger partial charge in [-0.15, -0.1) is 0 Å². The minimum atomic E-state index is -4.37. The maximum absolute atomic E-state index is 11.0. The van der Waals surface area contributed by atoms with Crippen LogP contribution in [0.4, 0.5) is 0 Å². The molecule has 0 aromatic carbocycles. The molecule has 0 aliphatic rings. The SMILES string of the molecule is C=C(C)C(=O)OCCC(N)(CC)S(=O)(=O)O. The summed E-state index contributed by atoms with van der Waals surface area (Å²) in [5, 5.41) is 0. The van der Waals surface area contributed by atoms with Gasteiger partial charge in [0.05, 0.1) is 6.61 Å². The van der Waals surface area contributed by atoms with Gasteiger partial charge in [0.2, 0.25) is 0 Å². The Hall–Kier alpha value is -0.920. The minimum absolute atomic E-state index is 0.0243. The van der Waals surface area contributed by atoms with E-state index >= 15 is 0 Å². The second-order valence-corrected chi connectivity index (χ2v) is 5.32. The molecule has 0 heterocycles.